The standard InChI is InChI=1S/C9H11ClO/c10-8-3-7-5-1-4(9(7)11)2-6(5)8/h4-8H,1-3H2/t4-,5+,6-,7-,8-/m0/s1. The monoisotopic (exact) mass is 170 g/mol. The van der Waals surface area contributed by atoms with E-state index in [-0.39, 0.29) is 0 Å². The van der Waals surface area contributed by atoms with E-state index < -0.39 is 0 Å². The number of fused-ring (bicyclic) bond motifs is 1. The molecule has 2 heteroatoms. The molecule has 0 radical (unpaired) electrons. The second kappa shape index (κ2) is 1.82. The van der Waals surface area contributed by atoms with Gasteiger partial charge in [-0.2, -0.15) is 0 Å². The maximum Gasteiger partial charge on any atom is 0.139 e. The van der Waals surface area contributed by atoms with Crippen molar-refractivity contribution in [3.63, 3.8) is 0 Å². The van der Waals surface area contributed by atoms with E-state index in [0.717, 1.165) is 19.3 Å². The first-order chi connectivity index (χ1) is 5.27. The number of rotatable bonds is 0. The molecule has 0 spiro atoms. The number of hydrogen-bond acceptors (Lipinski definition) is 1. The van der Waals surface area contributed by atoms with Crippen LogP contribution in [0, 0.1) is 23.7 Å². The van der Waals surface area contributed by atoms with Gasteiger partial charge < -0.3 is 0 Å². The molecule has 0 unspecified atom stereocenters. The molecule has 3 saturated carbocycles. The SMILES string of the molecule is O=C1[C@H]2C[C@@H]3[C@H](C2)[C@@H](Cl)C[C@H]13. The van der Waals surface area contributed by atoms with Gasteiger partial charge in [-0.15, -0.1) is 11.6 Å². The predicted octanol–water partition coefficient (Wildman–Crippen LogP) is 1.84. The van der Waals surface area contributed by atoms with Crippen LogP contribution in [-0.2, 0) is 4.79 Å². The zero-order valence-electron chi connectivity index (χ0n) is 6.29. The van der Waals surface area contributed by atoms with Crippen LogP contribution in [0.2, 0.25) is 0 Å². The van der Waals surface area contributed by atoms with E-state index in [2.05, 4.69) is 0 Å². The minimum atomic E-state index is 0.321. The van der Waals surface area contributed by atoms with E-state index in [1.165, 1.54) is 0 Å². The Labute approximate surface area is 71.1 Å². The number of alkyl halides is 1. The van der Waals surface area contributed by atoms with E-state index in [4.69, 9.17) is 11.6 Å². The first-order valence-corrected chi connectivity index (χ1v) is 4.89. The molecule has 0 heterocycles. The molecule has 2 bridgehead atoms. The molecule has 0 aliphatic heterocycles. The summed E-state index contributed by atoms with van der Waals surface area (Å²) in [5.41, 5.74) is 0. The highest BCUT2D eigenvalue weighted by Crippen LogP contribution is 2.59. The highest BCUT2D eigenvalue weighted by atomic mass is 35.5. The molecule has 0 aromatic heterocycles. The predicted molar refractivity (Wildman–Crippen MR) is 42.5 cm³/mol. The van der Waals surface area contributed by atoms with E-state index in [9.17, 15) is 4.79 Å². The second-order valence-electron chi connectivity index (χ2n) is 4.26. The van der Waals surface area contributed by atoms with E-state index >= 15 is 0 Å². The lowest BCUT2D eigenvalue weighted by Crippen LogP contribution is -2.20. The van der Waals surface area contributed by atoms with Gasteiger partial charge in [0, 0.05) is 17.2 Å². The van der Waals surface area contributed by atoms with Crippen LogP contribution >= 0.6 is 11.6 Å². The van der Waals surface area contributed by atoms with Crippen molar-refractivity contribution >= 4 is 17.4 Å². The zero-order chi connectivity index (χ0) is 7.59. The van der Waals surface area contributed by atoms with Crippen LogP contribution in [0.3, 0.4) is 0 Å². The molecule has 1 nitrogen and oxygen atoms in total. The maximum absolute atomic E-state index is 11.5. The van der Waals surface area contributed by atoms with E-state index in [0.29, 0.717) is 34.8 Å². The summed E-state index contributed by atoms with van der Waals surface area (Å²) in [7, 11) is 0. The molecular weight excluding hydrogens is 160 g/mol. The Bertz CT molecular complexity index is 226. The highest BCUT2D eigenvalue weighted by molar-refractivity contribution is 6.21. The second-order valence-corrected chi connectivity index (χ2v) is 4.82. The van der Waals surface area contributed by atoms with Crippen LogP contribution in [-0.4, -0.2) is 11.2 Å². The smallest absolute Gasteiger partial charge is 0.139 e. The van der Waals surface area contributed by atoms with Crippen LogP contribution in [0.15, 0.2) is 0 Å². The summed E-state index contributed by atoms with van der Waals surface area (Å²) in [4.78, 5) is 11.5. The molecule has 11 heavy (non-hydrogen) atoms. The molecule has 3 rings (SSSR count). The Morgan fingerprint density at radius 2 is 1.91 bits per heavy atom. The number of ketones is 1. The van der Waals surface area contributed by atoms with Gasteiger partial charge in [0.05, 0.1) is 0 Å². The van der Waals surface area contributed by atoms with Crippen LogP contribution in [0.4, 0.5) is 0 Å². The van der Waals surface area contributed by atoms with Crippen molar-refractivity contribution in [3.8, 4) is 0 Å². The summed E-state index contributed by atoms with van der Waals surface area (Å²) in [5, 5.41) is 0.321. The van der Waals surface area contributed by atoms with E-state index in [1.54, 1.807) is 0 Å². The van der Waals surface area contributed by atoms with Gasteiger partial charge >= 0.3 is 0 Å². The Hall–Kier alpha value is -0.0400. The fourth-order valence-electron chi connectivity index (χ4n) is 3.44. The normalized spacial score (nSPS) is 59.4. The number of Topliss-reactive ketones (excluding diaryl/α,β-unsaturated/α-hetero) is 1. The number of hydrogen-bond donors (Lipinski definition) is 0. The molecule has 0 amide bonds. The lowest BCUT2D eigenvalue weighted by Gasteiger charge is -2.16. The van der Waals surface area contributed by atoms with Crippen molar-refractivity contribution in [2.24, 2.45) is 23.7 Å². The topological polar surface area (TPSA) is 17.1 Å². The molecule has 0 aromatic carbocycles. The first kappa shape index (κ1) is 6.47. The third-order valence-electron chi connectivity index (χ3n) is 3.89. The van der Waals surface area contributed by atoms with Gasteiger partial charge in [0.1, 0.15) is 5.78 Å². The molecule has 60 valence electrons. The van der Waals surface area contributed by atoms with Gasteiger partial charge in [0.15, 0.2) is 0 Å². The Kier molecular flexibility index (Phi) is 1.07. The van der Waals surface area contributed by atoms with Crippen molar-refractivity contribution in [3.05, 3.63) is 0 Å². The third kappa shape index (κ3) is 0.618. The summed E-state index contributed by atoms with van der Waals surface area (Å²) in [6.45, 7) is 0. The molecule has 0 saturated heterocycles. The summed E-state index contributed by atoms with van der Waals surface area (Å²) in [6, 6.07) is 0. The summed E-state index contributed by atoms with van der Waals surface area (Å²) in [5.74, 6) is 2.72. The molecule has 0 aromatic rings. The van der Waals surface area contributed by atoms with Crippen LogP contribution in [0.1, 0.15) is 19.3 Å². The summed E-state index contributed by atoms with van der Waals surface area (Å²) < 4.78 is 0. The fourth-order valence-corrected chi connectivity index (χ4v) is 3.92. The van der Waals surface area contributed by atoms with Gasteiger partial charge in [0.25, 0.3) is 0 Å². The average Bonchev–Trinajstić information content (AvgIpc) is 2.53. The maximum atomic E-state index is 11.5. The number of carbonyl (C=O) groups is 1. The molecule has 0 N–H and O–H groups in total. The molecule has 5 atom stereocenters. The number of carbonyl (C=O) groups excluding carboxylic acids is 1. The fraction of sp³-hybridized carbons (Fsp3) is 0.889. The lowest BCUT2D eigenvalue weighted by molar-refractivity contribution is -0.125. The van der Waals surface area contributed by atoms with Crippen molar-refractivity contribution in [1.29, 1.82) is 0 Å². The Morgan fingerprint density at radius 3 is 2.55 bits per heavy atom. The van der Waals surface area contributed by atoms with Gasteiger partial charge in [-0.25, -0.2) is 0 Å². The number of halogens is 1. The van der Waals surface area contributed by atoms with Crippen LogP contribution < -0.4 is 0 Å². The van der Waals surface area contributed by atoms with Crippen molar-refractivity contribution in [2.75, 3.05) is 0 Å². The first-order valence-electron chi connectivity index (χ1n) is 4.45. The highest BCUT2D eigenvalue weighted by Gasteiger charge is 2.58. The van der Waals surface area contributed by atoms with E-state index in [1.807, 2.05) is 0 Å². The van der Waals surface area contributed by atoms with Crippen LogP contribution in [0.25, 0.3) is 0 Å². The van der Waals surface area contributed by atoms with Crippen molar-refractivity contribution in [1.82, 2.24) is 0 Å². The average molecular weight is 171 g/mol. The minimum Gasteiger partial charge on any atom is -0.299 e. The van der Waals surface area contributed by atoms with Crippen LogP contribution in [0.5, 0.6) is 0 Å². The Balaban J connectivity index is 2.04. The van der Waals surface area contributed by atoms with Gasteiger partial charge in [-0.05, 0) is 31.1 Å². The molecule has 3 aliphatic carbocycles. The summed E-state index contributed by atoms with van der Waals surface area (Å²) >= 11 is 6.15. The summed E-state index contributed by atoms with van der Waals surface area (Å²) in [6.07, 6.45) is 3.25. The Morgan fingerprint density at radius 1 is 1.18 bits per heavy atom. The largest absolute Gasteiger partial charge is 0.299 e. The lowest BCUT2D eigenvalue weighted by atomic mass is 9.88. The zero-order valence-corrected chi connectivity index (χ0v) is 7.05. The third-order valence-corrected chi connectivity index (χ3v) is 4.39. The van der Waals surface area contributed by atoms with Gasteiger partial charge in [0.2, 0.25) is 0 Å². The van der Waals surface area contributed by atoms with Crippen molar-refractivity contribution in [2.45, 2.75) is 24.6 Å². The van der Waals surface area contributed by atoms with Gasteiger partial charge in [-0.1, -0.05) is 0 Å². The minimum absolute atomic E-state index is 0.321. The van der Waals surface area contributed by atoms with Gasteiger partial charge in [-0.3, -0.25) is 4.79 Å². The quantitative estimate of drug-likeness (QED) is 0.507. The molecule has 3 aliphatic rings. The van der Waals surface area contributed by atoms with Crippen molar-refractivity contribution < 1.29 is 4.79 Å². The molecular formula is C9H11ClO. The molecule has 3 fully saturated rings.